The van der Waals surface area contributed by atoms with Gasteiger partial charge in [-0.25, -0.2) is 0 Å². The third-order valence-corrected chi connectivity index (χ3v) is 3.61. The molecule has 18 heavy (non-hydrogen) atoms. The number of carbonyl (C=O) groups is 1. The van der Waals surface area contributed by atoms with Crippen molar-refractivity contribution in [2.75, 3.05) is 0 Å². The van der Waals surface area contributed by atoms with Crippen LogP contribution in [0.15, 0.2) is 10.2 Å². The van der Waals surface area contributed by atoms with Crippen LogP contribution in [-0.2, 0) is 4.79 Å². The van der Waals surface area contributed by atoms with E-state index >= 15 is 0 Å². The Hall–Kier alpha value is -0.0600. The molecule has 0 unspecified atom stereocenters. The lowest BCUT2D eigenvalue weighted by molar-refractivity contribution is -0.137. The number of hydrogen-bond acceptors (Lipinski definition) is 1. The number of carboxylic acid groups (broad SMARTS) is 1. The van der Waals surface area contributed by atoms with Gasteiger partial charge in [-0.2, -0.15) is 0 Å². The zero-order valence-electron chi connectivity index (χ0n) is 11.4. The first-order valence-electron chi connectivity index (χ1n) is 7.24. The molecule has 0 aliphatic rings. The van der Waals surface area contributed by atoms with E-state index in [1.165, 1.54) is 57.8 Å². The number of aliphatic carboxylic acids is 1. The summed E-state index contributed by atoms with van der Waals surface area (Å²) in [5.74, 6) is -0.660. The zero-order chi connectivity index (χ0) is 13.5. The number of hydrogen-bond donors (Lipinski definition) is 1. The third kappa shape index (κ3) is 15.9. The van der Waals surface area contributed by atoms with Gasteiger partial charge >= 0.3 is 5.97 Å². The lowest BCUT2D eigenvalue weighted by Gasteiger charge is -2.01. The molecular weight excluding hydrogens is 343 g/mol. The van der Waals surface area contributed by atoms with Gasteiger partial charge in [0.1, 0.15) is 0 Å². The van der Waals surface area contributed by atoms with Crippen molar-refractivity contribution in [3.63, 3.8) is 0 Å². The number of carboxylic acids is 1. The molecule has 2 nitrogen and oxygen atoms in total. The van der Waals surface area contributed by atoms with Crippen molar-refractivity contribution in [2.45, 2.75) is 77.0 Å². The molecule has 0 aliphatic carbocycles. The highest BCUT2D eigenvalue weighted by atomic mass is 131. The fraction of sp³-hybridized carbons (Fsp3) is 0.800. The largest absolute Gasteiger partial charge is 0.481 e. The molecule has 0 heterocycles. The first-order valence-corrected chi connectivity index (χ1v) is 8.49. The quantitative estimate of drug-likeness (QED) is 0.334. The molecule has 3 heteroatoms. The van der Waals surface area contributed by atoms with Crippen LogP contribution in [0.5, 0.6) is 0 Å². The van der Waals surface area contributed by atoms with E-state index in [9.17, 15) is 4.79 Å². The second kappa shape index (κ2) is 15.0. The summed E-state index contributed by atoms with van der Waals surface area (Å²) in [6.45, 7) is 0. The minimum atomic E-state index is -0.660. The van der Waals surface area contributed by atoms with Crippen molar-refractivity contribution in [3.05, 3.63) is 10.2 Å². The van der Waals surface area contributed by atoms with E-state index in [-0.39, 0.29) is 0 Å². The van der Waals surface area contributed by atoms with Gasteiger partial charge in [0.25, 0.3) is 0 Å². The van der Waals surface area contributed by atoms with E-state index in [0.29, 0.717) is 6.42 Å². The maximum atomic E-state index is 10.3. The molecule has 0 saturated carbocycles. The summed E-state index contributed by atoms with van der Waals surface area (Å²) in [6, 6.07) is 0. The average Bonchev–Trinajstić information content (AvgIpc) is 2.34. The van der Waals surface area contributed by atoms with Crippen molar-refractivity contribution in [2.24, 2.45) is 0 Å². The molecule has 1 N–H and O–H groups in total. The Bertz CT molecular complexity index is 215. The van der Waals surface area contributed by atoms with Crippen LogP contribution in [0.1, 0.15) is 77.0 Å². The molecule has 0 amide bonds. The van der Waals surface area contributed by atoms with Gasteiger partial charge in [0, 0.05) is 6.42 Å². The maximum Gasteiger partial charge on any atom is 0.303 e. The summed E-state index contributed by atoms with van der Waals surface area (Å²) in [4.78, 5) is 10.3. The van der Waals surface area contributed by atoms with Crippen LogP contribution in [0.4, 0.5) is 0 Å². The molecule has 0 fully saturated rings. The van der Waals surface area contributed by atoms with Crippen molar-refractivity contribution >= 4 is 28.6 Å². The molecule has 0 spiro atoms. The SMILES string of the molecule is O=C(O)CCCCCCCCCCCC/C=C/[131I]. The van der Waals surface area contributed by atoms with Crippen LogP contribution in [-0.4, -0.2) is 11.1 Å². The van der Waals surface area contributed by atoms with E-state index in [1.807, 2.05) is 0 Å². The molecule has 0 radical (unpaired) electrons. The molecule has 0 aromatic carbocycles. The summed E-state index contributed by atoms with van der Waals surface area (Å²) in [5, 5.41) is 8.49. The van der Waals surface area contributed by atoms with E-state index < -0.39 is 5.97 Å². The Labute approximate surface area is 125 Å². The van der Waals surface area contributed by atoms with Gasteiger partial charge in [0.05, 0.1) is 0 Å². The summed E-state index contributed by atoms with van der Waals surface area (Å²) < 4.78 is 2.10. The van der Waals surface area contributed by atoms with Crippen molar-refractivity contribution < 1.29 is 9.90 Å². The van der Waals surface area contributed by atoms with E-state index in [4.69, 9.17) is 5.11 Å². The molecule has 0 bridgehead atoms. The third-order valence-electron chi connectivity index (χ3n) is 3.10. The first-order chi connectivity index (χ1) is 8.77. The van der Waals surface area contributed by atoms with E-state index in [1.54, 1.807) is 0 Å². The van der Waals surface area contributed by atoms with Gasteiger partial charge in [-0.3, -0.25) is 4.79 Å². The summed E-state index contributed by atoms with van der Waals surface area (Å²) >= 11 is 2.27. The van der Waals surface area contributed by atoms with Crippen molar-refractivity contribution in [1.82, 2.24) is 0 Å². The minimum absolute atomic E-state index is 0.339. The second-order valence-electron chi connectivity index (χ2n) is 4.83. The van der Waals surface area contributed by atoms with Crippen LogP contribution in [0, 0.1) is 0 Å². The Morgan fingerprint density at radius 2 is 1.28 bits per heavy atom. The normalized spacial score (nSPS) is 11.2. The standard InChI is InChI=1S/C15H27IO2/c16-14-12-10-8-6-4-2-1-3-5-7-9-11-13-15(17)18/h12,14H,1-11,13H2,(H,17,18)/b14-12+/i16+4. The lowest BCUT2D eigenvalue weighted by atomic mass is 10.1. The highest BCUT2D eigenvalue weighted by Gasteiger charge is 1.96. The van der Waals surface area contributed by atoms with Gasteiger partial charge in [0.15, 0.2) is 0 Å². The number of rotatable bonds is 13. The fourth-order valence-corrected chi connectivity index (χ4v) is 2.38. The van der Waals surface area contributed by atoms with Gasteiger partial charge in [-0.1, -0.05) is 80.0 Å². The first kappa shape index (κ1) is 17.9. The number of unbranched alkanes of at least 4 members (excludes halogenated alkanes) is 10. The summed E-state index contributed by atoms with van der Waals surface area (Å²) in [6.07, 6.45) is 16.3. The van der Waals surface area contributed by atoms with Crippen molar-refractivity contribution in [3.8, 4) is 0 Å². The van der Waals surface area contributed by atoms with Gasteiger partial charge in [0.2, 0.25) is 0 Å². The highest BCUT2D eigenvalue weighted by molar-refractivity contribution is 14.1. The van der Waals surface area contributed by atoms with Crippen LogP contribution in [0.25, 0.3) is 0 Å². The Kier molecular flexibility index (Phi) is 14.9. The van der Waals surface area contributed by atoms with Gasteiger partial charge in [-0.15, -0.1) is 0 Å². The summed E-state index contributed by atoms with van der Waals surface area (Å²) in [7, 11) is 0. The maximum absolute atomic E-state index is 10.3. The average molecular weight is 370 g/mol. The molecule has 0 aromatic heterocycles. The molecule has 0 rings (SSSR count). The van der Waals surface area contributed by atoms with Crippen LogP contribution in [0.2, 0.25) is 0 Å². The Morgan fingerprint density at radius 3 is 1.72 bits per heavy atom. The zero-order valence-corrected chi connectivity index (χ0v) is 13.5. The topological polar surface area (TPSA) is 37.3 Å². The minimum Gasteiger partial charge on any atom is -0.481 e. The highest BCUT2D eigenvalue weighted by Crippen LogP contribution is 2.12. The predicted octanol–water partition coefficient (Wildman–Crippen LogP) is 5.70. The summed E-state index contributed by atoms with van der Waals surface area (Å²) in [5.41, 5.74) is 0. The van der Waals surface area contributed by atoms with Crippen LogP contribution < -0.4 is 0 Å². The van der Waals surface area contributed by atoms with E-state index in [2.05, 4.69) is 32.7 Å². The number of halogens is 1. The second-order valence-corrected chi connectivity index (χ2v) is 5.55. The monoisotopic (exact) mass is 370 g/mol. The van der Waals surface area contributed by atoms with Crippen LogP contribution >= 0.6 is 22.6 Å². The smallest absolute Gasteiger partial charge is 0.303 e. The van der Waals surface area contributed by atoms with E-state index in [0.717, 1.165) is 12.8 Å². The molecular formula is C15H27IO2. The molecule has 0 aliphatic heterocycles. The molecule has 0 aromatic rings. The molecule has 0 atom stereocenters. The fourth-order valence-electron chi connectivity index (χ4n) is 2.02. The Morgan fingerprint density at radius 1 is 0.833 bits per heavy atom. The predicted molar refractivity (Wildman–Crippen MR) is 86.2 cm³/mol. The number of allylic oxidation sites excluding steroid dienone is 1. The Balaban J connectivity index is 2.96. The molecule has 106 valence electrons. The molecule has 0 saturated heterocycles. The van der Waals surface area contributed by atoms with Crippen molar-refractivity contribution in [1.29, 1.82) is 0 Å². The lowest BCUT2D eigenvalue weighted by Crippen LogP contribution is -1.93. The van der Waals surface area contributed by atoms with Gasteiger partial charge < -0.3 is 5.11 Å². The van der Waals surface area contributed by atoms with Crippen LogP contribution in [0.3, 0.4) is 0 Å². The van der Waals surface area contributed by atoms with Gasteiger partial charge in [-0.05, 0) is 23.3 Å².